The molecule has 0 saturated heterocycles. The summed E-state index contributed by atoms with van der Waals surface area (Å²) in [6.45, 7) is -0.211. The Hall–Kier alpha value is -2.53. The van der Waals surface area contributed by atoms with Crippen molar-refractivity contribution >= 4 is 5.91 Å². The Morgan fingerprint density at radius 2 is 1.91 bits per heavy atom. The minimum atomic E-state index is -4.66. The summed E-state index contributed by atoms with van der Waals surface area (Å²) in [5.41, 5.74) is 0.113. The number of carbonyl (C=O) groups is 1. The van der Waals surface area contributed by atoms with E-state index in [-0.39, 0.29) is 42.0 Å². The molecule has 0 spiro atoms. The van der Waals surface area contributed by atoms with Crippen molar-refractivity contribution in [2.24, 2.45) is 0 Å². The van der Waals surface area contributed by atoms with E-state index in [0.717, 1.165) is 6.07 Å². The molecule has 1 aromatic carbocycles. The van der Waals surface area contributed by atoms with E-state index in [2.05, 4.69) is 15.0 Å². The SMILES string of the molecule is O=C(CO[C@H]1C[C@@H](OC(F)(F)F)C1)NC12CC(n3cnc(-c4ccc(F)cc4F)c3)(C1)C2. The molecule has 6 rings (SSSR count). The number of nitrogens with one attached hydrogen (secondary N) is 1. The van der Waals surface area contributed by atoms with Crippen molar-refractivity contribution in [3.8, 4) is 11.3 Å². The molecular weight excluding hydrogens is 437 g/mol. The number of amides is 1. The molecule has 1 amide bonds. The van der Waals surface area contributed by atoms with Crippen LogP contribution in [0.15, 0.2) is 30.7 Å². The second kappa shape index (κ2) is 7.24. The third-order valence-electron chi connectivity index (χ3n) is 6.55. The Kier molecular flexibility index (Phi) is 4.82. The number of rotatable bonds is 7. The van der Waals surface area contributed by atoms with Crippen LogP contribution in [0.1, 0.15) is 32.1 Å². The van der Waals surface area contributed by atoms with E-state index in [9.17, 15) is 26.7 Å². The first-order valence-corrected chi connectivity index (χ1v) is 10.2. The zero-order chi connectivity index (χ0) is 22.7. The van der Waals surface area contributed by atoms with Crippen molar-refractivity contribution < 1.29 is 36.2 Å². The van der Waals surface area contributed by atoms with Crippen LogP contribution >= 0.6 is 0 Å². The average molecular weight is 457 g/mol. The molecule has 172 valence electrons. The summed E-state index contributed by atoms with van der Waals surface area (Å²) < 4.78 is 74.6. The number of carbonyl (C=O) groups excluding carboxylic acids is 1. The lowest BCUT2D eigenvalue weighted by Gasteiger charge is -2.70. The number of imidazole rings is 1. The average Bonchev–Trinajstić information content (AvgIpc) is 3.07. The van der Waals surface area contributed by atoms with E-state index >= 15 is 0 Å². The fraction of sp³-hybridized carbons (Fsp3) is 0.524. The van der Waals surface area contributed by atoms with E-state index in [1.165, 1.54) is 12.1 Å². The predicted molar refractivity (Wildman–Crippen MR) is 100 cm³/mol. The lowest BCUT2D eigenvalue weighted by Crippen LogP contribution is -2.78. The molecule has 1 heterocycles. The summed E-state index contributed by atoms with van der Waals surface area (Å²) in [6.07, 6.45) is -0.349. The van der Waals surface area contributed by atoms with Gasteiger partial charge >= 0.3 is 6.36 Å². The van der Waals surface area contributed by atoms with Crippen molar-refractivity contribution in [1.29, 1.82) is 0 Å². The van der Waals surface area contributed by atoms with E-state index in [1.807, 2.05) is 4.57 Å². The van der Waals surface area contributed by atoms with E-state index in [0.29, 0.717) is 25.0 Å². The van der Waals surface area contributed by atoms with Crippen LogP contribution in [-0.4, -0.2) is 46.2 Å². The van der Waals surface area contributed by atoms with Crippen molar-refractivity contribution in [1.82, 2.24) is 14.9 Å². The van der Waals surface area contributed by atoms with Gasteiger partial charge < -0.3 is 14.6 Å². The Morgan fingerprint density at radius 3 is 2.56 bits per heavy atom. The number of alkyl halides is 3. The summed E-state index contributed by atoms with van der Waals surface area (Å²) in [5, 5.41) is 2.95. The molecule has 4 fully saturated rings. The normalized spacial score (nSPS) is 30.8. The predicted octanol–water partition coefficient (Wildman–Crippen LogP) is 3.66. The molecule has 4 aliphatic carbocycles. The van der Waals surface area contributed by atoms with Gasteiger partial charge in [-0.2, -0.15) is 0 Å². The van der Waals surface area contributed by atoms with Crippen LogP contribution in [0.4, 0.5) is 22.0 Å². The molecule has 2 bridgehead atoms. The fourth-order valence-corrected chi connectivity index (χ4v) is 5.02. The molecule has 4 aliphatic rings. The highest BCUT2D eigenvalue weighted by atomic mass is 19.4. The van der Waals surface area contributed by atoms with Crippen LogP contribution in [-0.2, 0) is 19.8 Å². The quantitative estimate of drug-likeness (QED) is 0.645. The second-order valence-corrected chi connectivity index (χ2v) is 8.96. The highest BCUT2D eigenvalue weighted by Crippen LogP contribution is 2.65. The number of nitrogens with zero attached hydrogens (tertiary/aromatic N) is 2. The zero-order valence-electron chi connectivity index (χ0n) is 16.8. The molecule has 0 radical (unpaired) electrons. The molecule has 0 aliphatic heterocycles. The largest absolute Gasteiger partial charge is 0.522 e. The van der Waals surface area contributed by atoms with Crippen molar-refractivity contribution in [3.63, 3.8) is 0 Å². The molecule has 2 aromatic rings. The van der Waals surface area contributed by atoms with Crippen LogP contribution in [0.2, 0.25) is 0 Å². The van der Waals surface area contributed by atoms with Gasteiger partial charge in [-0.25, -0.2) is 13.8 Å². The third-order valence-corrected chi connectivity index (χ3v) is 6.55. The summed E-state index contributed by atoms with van der Waals surface area (Å²) in [7, 11) is 0. The summed E-state index contributed by atoms with van der Waals surface area (Å²) in [4.78, 5) is 16.4. The fourth-order valence-electron chi connectivity index (χ4n) is 5.02. The van der Waals surface area contributed by atoms with Gasteiger partial charge in [-0.1, -0.05) is 0 Å². The summed E-state index contributed by atoms with van der Waals surface area (Å²) in [5.74, 6) is -1.64. The van der Waals surface area contributed by atoms with Gasteiger partial charge in [0.25, 0.3) is 0 Å². The van der Waals surface area contributed by atoms with Gasteiger partial charge in [0.1, 0.15) is 18.2 Å². The first-order chi connectivity index (χ1) is 15.0. The van der Waals surface area contributed by atoms with Crippen LogP contribution < -0.4 is 5.32 Å². The molecule has 0 unspecified atom stereocenters. The molecule has 4 saturated carbocycles. The number of ether oxygens (including phenoxy) is 2. The van der Waals surface area contributed by atoms with Gasteiger partial charge in [0.15, 0.2) is 0 Å². The van der Waals surface area contributed by atoms with Crippen LogP contribution in [0.3, 0.4) is 0 Å². The Bertz CT molecular complexity index is 1030. The van der Waals surface area contributed by atoms with E-state index < -0.39 is 30.2 Å². The van der Waals surface area contributed by atoms with E-state index in [4.69, 9.17) is 4.74 Å². The van der Waals surface area contributed by atoms with Gasteiger partial charge in [-0.05, 0) is 31.4 Å². The summed E-state index contributed by atoms with van der Waals surface area (Å²) >= 11 is 0. The molecule has 11 heteroatoms. The maximum Gasteiger partial charge on any atom is 0.522 e. The van der Waals surface area contributed by atoms with Crippen molar-refractivity contribution in [3.05, 3.63) is 42.4 Å². The molecule has 0 atom stereocenters. The van der Waals surface area contributed by atoms with Gasteiger partial charge in [0.2, 0.25) is 5.91 Å². The number of hydrogen-bond acceptors (Lipinski definition) is 4. The molecule has 1 aromatic heterocycles. The molecular formula is C21H20F5N3O3. The lowest BCUT2D eigenvalue weighted by atomic mass is 9.44. The first kappa shape index (κ1) is 21.3. The Labute approximate surface area is 179 Å². The van der Waals surface area contributed by atoms with E-state index in [1.54, 1.807) is 12.5 Å². The number of halogens is 5. The second-order valence-electron chi connectivity index (χ2n) is 8.96. The highest BCUT2D eigenvalue weighted by Gasteiger charge is 2.69. The standard InChI is InChI=1S/C21H20F5N3O3/c22-12-1-2-15(16(23)3-12)17-6-29(11-27-17)20-8-19(9-20,10-20)28-18(30)7-31-13-4-14(5-13)32-21(24,25)26/h1-3,6,11,13-14H,4-5,7-10H2,(H,28,30)/t13-,14+,19?,20?. The topological polar surface area (TPSA) is 65.4 Å². The van der Waals surface area contributed by atoms with Gasteiger partial charge in [-0.15, -0.1) is 13.2 Å². The van der Waals surface area contributed by atoms with Crippen molar-refractivity contribution in [2.75, 3.05) is 6.61 Å². The summed E-state index contributed by atoms with van der Waals surface area (Å²) in [6, 6.07) is 3.34. The number of benzene rings is 1. The van der Waals surface area contributed by atoms with Crippen molar-refractivity contribution in [2.45, 2.75) is 61.8 Å². The maximum absolute atomic E-state index is 14.0. The smallest absolute Gasteiger partial charge is 0.368 e. The first-order valence-electron chi connectivity index (χ1n) is 10.2. The Balaban J connectivity index is 1.08. The monoisotopic (exact) mass is 457 g/mol. The molecule has 6 nitrogen and oxygen atoms in total. The van der Waals surface area contributed by atoms with Crippen LogP contribution in [0, 0.1) is 11.6 Å². The van der Waals surface area contributed by atoms with Gasteiger partial charge in [0.05, 0.1) is 29.8 Å². The van der Waals surface area contributed by atoms with Gasteiger partial charge in [-0.3, -0.25) is 9.53 Å². The molecule has 1 N–H and O–H groups in total. The lowest BCUT2D eigenvalue weighted by molar-refractivity contribution is -0.357. The Morgan fingerprint density at radius 1 is 1.19 bits per heavy atom. The minimum Gasteiger partial charge on any atom is -0.368 e. The van der Waals surface area contributed by atoms with Crippen LogP contribution in [0.5, 0.6) is 0 Å². The zero-order valence-corrected chi connectivity index (χ0v) is 16.8. The van der Waals surface area contributed by atoms with Gasteiger partial charge in [0, 0.05) is 36.2 Å². The minimum absolute atomic E-state index is 0.110. The third kappa shape index (κ3) is 3.88. The molecule has 32 heavy (non-hydrogen) atoms. The number of aromatic nitrogens is 2. The van der Waals surface area contributed by atoms with Crippen LogP contribution in [0.25, 0.3) is 11.3 Å². The highest BCUT2D eigenvalue weighted by molar-refractivity contribution is 5.79. The maximum atomic E-state index is 14.0. The number of hydrogen-bond donors (Lipinski definition) is 1.